The number of hydrogen-bond acceptors (Lipinski definition) is 3. The van der Waals surface area contributed by atoms with E-state index >= 15 is 0 Å². The van der Waals surface area contributed by atoms with Gasteiger partial charge in [-0.1, -0.05) is 42.5 Å². The molecule has 0 spiro atoms. The summed E-state index contributed by atoms with van der Waals surface area (Å²) in [6.45, 7) is 0.379. The molecular formula is C18H15N3O2. The molecule has 1 aliphatic heterocycles. The largest absolute Gasteiger partial charge is 0.479 e. The molecule has 4 rings (SSSR count). The quantitative estimate of drug-likeness (QED) is 0.781. The Kier molecular flexibility index (Phi) is 3.31. The number of aromatic amines is 1. The van der Waals surface area contributed by atoms with Crippen molar-refractivity contribution in [3.05, 3.63) is 60.3 Å². The molecule has 3 aromatic rings. The number of benzene rings is 2. The van der Waals surface area contributed by atoms with E-state index in [-0.39, 0.29) is 12.1 Å². The average molecular weight is 305 g/mol. The summed E-state index contributed by atoms with van der Waals surface area (Å²) in [5.41, 5.74) is 3.71. The van der Waals surface area contributed by atoms with Crippen molar-refractivity contribution in [1.82, 2.24) is 10.3 Å². The zero-order valence-electron chi connectivity index (χ0n) is 12.3. The van der Waals surface area contributed by atoms with E-state index in [1.165, 1.54) is 6.40 Å². The Balaban J connectivity index is 1.63. The van der Waals surface area contributed by atoms with Crippen LogP contribution in [0.25, 0.3) is 22.0 Å². The Morgan fingerprint density at radius 1 is 1.13 bits per heavy atom. The first kappa shape index (κ1) is 13.6. The van der Waals surface area contributed by atoms with Gasteiger partial charge in [-0.15, -0.1) is 0 Å². The number of aliphatic imine (C=N–C) groups is 1. The molecule has 2 N–H and O–H groups in total. The first-order chi connectivity index (χ1) is 11.3. The van der Waals surface area contributed by atoms with Gasteiger partial charge < -0.3 is 15.0 Å². The summed E-state index contributed by atoms with van der Waals surface area (Å²) < 4.78 is 5.00. The van der Waals surface area contributed by atoms with Gasteiger partial charge in [0, 0.05) is 10.9 Å². The standard InChI is InChI=1S/C18H15N3O2/c22-18(21-17-10-23-11-19-17)16-9-14-7-6-13(8-15(14)20-16)12-4-2-1-3-5-12/h1-9,11,17,20H,10H2,(H,21,22)/t17-/m1/s1. The maximum absolute atomic E-state index is 12.3. The number of ether oxygens (including phenoxy) is 1. The van der Waals surface area contributed by atoms with Gasteiger partial charge in [-0.2, -0.15) is 0 Å². The highest BCUT2D eigenvalue weighted by Gasteiger charge is 2.17. The molecule has 0 unspecified atom stereocenters. The van der Waals surface area contributed by atoms with Crippen LogP contribution in [0.1, 0.15) is 10.5 Å². The van der Waals surface area contributed by atoms with Crippen LogP contribution in [-0.4, -0.2) is 30.1 Å². The molecule has 1 aliphatic rings. The predicted octanol–water partition coefficient (Wildman–Crippen LogP) is 2.95. The zero-order chi connectivity index (χ0) is 15.6. The number of nitrogens with one attached hydrogen (secondary N) is 2. The van der Waals surface area contributed by atoms with E-state index in [0.29, 0.717) is 12.3 Å². The predicted molar refractivity (Wildman–Crippen MR) is 89.4 cm³/mol. The molecule has 1 amide bonds. The van der Waals surface area contributed by atoms with Crippen molar-refractivity contribution in [3.63, 3.8) is 0 Å². The number of aromatic nitrogens is 1. The topological polar surface area (TPSA) is 66.5 Å². The molecule has 114 valence electrons. The summed E-state index contributed by atoms with van der Waals surface area (Å²) >= 11 is 0. The van der Waals surface area contributed by atoms with Crippen molar-refractivity contribution >= 4 is 23.2 Å². The van der Waals surface area contributed by atoms with E-state index in [1.807, 2.05) is 30.3 Å². The second-order valence-electron chi connectivity index (χ2n) is 5.43. The van der Waals surface area contributed by atoms with Gasteiger partial charge in [-0.25, -0.2) is 4.99 Å². The minimum atomic E-state index is -0.311. The Morgan fingerprint density at radius 2 is 2.00 bits per heavy atom. The van der Waals surface area contributed by atoms with Gasteiger partial charge in [0.25, 0.3) is 5.91 Å². The summed E-state index contributed by atoms with van der Waals surface area (Å²) in [4.78, 5) is 19.4. The van der Waals surface area contributed by atoms with Crippen molar-refractivity contribution in [2.45, 2.75) is 6.17 Å². The van der Waals surface area contributed by atoms with Gasteiger partial charge >= 0.3 is 0 Å². The molecule has 23 heavy (non-hydrogen) atoms. The summed E-state index contributed by atoms with van der Waals surface area (Å²) in [5.74, 6) is -0.185. The average Bonchev–Trinajstić information content (AvgIpc) is 3.24. The zero-order valence-corrected chi connectivity index (χ0v) is 12.3. The number of carbonyl (C=O) groups is 1. The fraction of sp³-hybridized carbons (Fsp3) is 0.111. The second kappa shape index (κ2) is 5.61. The van der Waals surface area contributed by atoms with E-state index in [1.54, 1.807) is 0 Å². The van der Waals surface area contributed by atoms with E-state index in [4.69, 9.17) is 4.74 Å². The monoisotopic (exact) mass is 305 g/mol. The molecular weight excluding hydrogens is 290 g/mol. The number of fused-ring (bicyclic) bond motifs is 1. The fourth-order valence-electron chi connectivity index (χ4n) is 2.66. The number of amides is 1. The molecule has 1 atom stereocenters. The second-order valence-corrected chi connectivity index (χ2v) is 5.43. The van der Waals surface area contributed by atoms with Crippen LogP contribution in [0.4, 0.5) is 0 Å². The molecule has 2 aromatic carbocycles. The Labute approximate surface area is 133 Å². The first-order valence-electron chi connectivity index (χ1n) is 7.42. The smallest absolute Gasteiger partial charge is 0.269 e. The van der Waals surface area contributed by atoms with Gasteiger partial charge in [0.1, 0.15) is 12.3 Å². The highest BCUT2D eigenvalue weighted by molar-refractivity contribution is 5.99. The third-order valence-corrected chi connectivity index (χ3v) is 3.84. The number of rotatable bonds is 3. The summed E-state index contributed by atoms with van der Waals surface area (Å²) in [5, 5.41) is 3.81. The van der Waals surface area contributed by atoms with Crippen molar-refractivity contribution in [3.8, 4) is 11.1 Å². The molecule has 1 aromatic heterocycles. The van der Waals surface area contributed by atoms with Gasteiger partial charge in [0.05, 0.1) is 0 Å². The fourth-order valence-corrected chi connectivity index (χ4v) is 2.66. The van der Waals surface area contributed by atoms with Crippen molar-refractivity contribution in [1.29, 1.82) is 0 Å². The van der Waals surface area contributed by atoms with Crippen LogP contribution in [0.15, 0.2) is 59.6 Å². The number of nitrogens with zero attached hydrogens (tertiary/aromatic N) is 1. The molecule has 0 saturated heterocycles. The summed E-state index contributed by atoms with van der Waals surface area (Å²) in [6, 6.07) is 18.1. The lowest BCUT2D eigenvalue weighted by Gasteiger charge is -2.06. The van der Waals surface area contributed by atoms with E-state index < -0.39 is 0 Å². The third-order valence-electron chi connectivity index (χ3n) is 3.84. The maximum Gasteiger partial charge on any atom is 0.269 e. The Hall–Kier alpha value is -3.08. The lowest BCUT2D eigenvalue weighted by atomic mass is 10.0. The summed E-state index contributed by atoms with van der Waals surface area (Å²) in [6.07, 6.45) is 1.05. The molecule has 0 aliphatic carbocycles. The van der Waals surface area contributed by atoms with Crippen molar-refractivity contribution in [2.75, 3.05) is 6.61 Å². The van der Waals surface area contributed by atoms with Crippen LogP contribution >= 0.6 is 0 Å². The minimum absolute atomic E-state index is 0.185. The van der Waals surface area contributed by atoms with Crippen molar-refractivity contribution in [2.24, 2.45) is 4.99 Å². The molecule has 0 bridgehead atoms. The van der Waals surface area contributed by atoms with E-state index in [0.717, 1.165) is 22.0 Å². The third kappa shape index (κ3) is 2.68. The molecule has 0 saturated carbocycles. The van der Waals surface area contributed by atoms with Gasteiger partial charge in [-0.3, -0.25) is 4.79 Å². The van der Waals surface area contributed by atoms with Crippen LogP contribution in [0.2, 0.25) is 0 Å². The van der Waals surface area contributed by atoms with Gasteiger partial charge in [-0.05, 0) is 23.3 Å². The molecule has 5 nitrogen and oxygen atoms in total. The number of H-pyrrole nitrogens is 1. The van der Waals surface area contributed by atoms with Gasteiger partial charge in [0.15, 0.2) is 12.6 Å². The van der Waals surface area contributed by atoms with E-state index in [9.17, 15) is 4.79 Å². The highest BCUT2D eigenvalue weighted by Crippen LogP contribution is 2.24. The van der Waals surface area contributed by atoms with Crippen LogP contribution in [-0.2, 0) is 4.74 Å². The Morgan fingerprint density at radius 3 is 2.78 bits per heavy atom. The molecule has 5 heteroatoms. The molecule has 2 heterocycles. The lowest BCUT2D eigenvalue weighted by molar-refractivity contribution is 0.0927. The van der Waals surface area contributed by atoms with E-state index in [2.05, 4.69) is 39.6 Å². The molecule has 0 fully saturated rings. The van der Waals surface area contributed by atoms with Crippen LogP contribution in [0.5, 0.6) is 0 Å². The number of hydrogen-bond donors (Lipinski definition) is 2. The van der Waals surface area contributed by atoms with Crippen molar-refractivity contribution < 1.29 is 9.53 Å². The Bertz CT molecular complexity index is 884. The lowest BCUT2D eigenvalue weighted by Crippen LogP contribution is -2.34. The number of carbonyl (C=O) groups excluding carboxylic acids is 1. The normalized spacial score (nSPS) is 16.4. The van der Waals surface area contributed by atoms with Gasteiger partial charge in [0.2, 0.25) is 0 Å². The highest BCUT2D eigenvalue weighted by atomic mass is 16.5. The maximum atomic E-state index is 12.3. The van der Waals surface area contributed by atoms with Crippen LogP contribution in [0.3, 0.4) is 0 Å². The SMILES string of the molecule is O=C(N[C@@H]1COC=N1)c1cc2ccc(-c3ccccc3)cc2[nH]1. The van der Waals surface area contributed by atoms with Crippen LogP contribution < -0.4 is 5.32 Å². The minimum Gasteiger partial charge on any atom is -0.479 e. The summed E-state index contributed by atoms with van der Waals surface area (Å²) in [7, 11) is 0. The first-order valence-corrected chi connectivity index (χ1v) is 7.42. The van der Waals surface area contributed by atoms with Crippen LogP contribution in [0, 0.1) is 0 Å². The molecule has 0 radical (unpaired) electrons.